The van der Waals surface area contributed by atoms with Crippen LogP contribution in [-0.2, 0) is 4.79 Å². The lowest BCUT2D eigenvalue weighted by molar-refractivity contribution is -0.151. The summed E-state index contributed by atoms with van der Waals surface area (Å²) in [5.41, 5.74) is 1.46. The van der Waals surface area contributed by atoms with Crippen molar-refractivity contribution < 1.29 is 13.6 Å². The number of carbonyl (C=O) groups is 1. The van der Waals surface area contributed by atoms with E-state index in [0.29, 0.717) is 6.54 Å². The summed E-state index contributed by atoms with van der Waals surface area (Å²) in [6.07, 6.45) is 0.903. The van der Waals surface area contributed by atoms with Gasteiger partial charge in [-0.1, -0.05) is 0 Å². The van der Waals surface area contributed by atoms with Gasteiger partial charge in [0, 0.05) is 12.6 Å². The average molecular weight is 193 g/mol. The lowest BCUT2D eigenvalue weighted by Gasteiger charge is -2.39. The zero-order valence-corrected chi connectivity index (χ0v) is 7.39. The summed E-state index contributed by atoms with van der Waals surface area (Å²) < 4.78 is 25.9. The van der Waals surface area contributed by atoms with Gasteiger partial charge in [-0.05, 0) is 13.3 Å². The molecule has 1 heterocycles. The number of nitrogens with zero attached hydrogens (tertiary/aromatic N) is 1. The third-order valence-corrected chi connectivity index (χ3v) is 2.32. The van der Waals surface area contributed by atoms with Gasteiger partial charge in [0.15, 0.2) is 0 Å². The Balaban J connectivity index is 2.46. The number of halogens is 2. The van der Waals surface area contributed by atoms with Crippen molar-refractivity contribution >= 4 is 5.91 Å². The van der Waals surface area contributed by atoms with Gasteiger partial charge in [0.1, 0.15) is 0 Å². The van der Waals surface area contributed by atoms with Crippen LogP contribution in [-0.4, -0.2) is 35.9 Å². The number of alkyl halides is 2. The Labute approximate surface area is 75.0 Å². The molecule has 1 amide bonds. The Kier molecular flexibility index (Phi) is 2.82. The predicted octanol–water partition coefficient (Wildman–Crippen LogP) is -0.294. The molecule has 76 valence electrons. The van der Waals surface area contributed by atoms with Gasteiger partial charge in [-0.3, -0.25) is 15.1 Å². The van der Waals surface area contributed by atoms with Crippen LogP contribution in [0.1, 0.15) is 13.3 Å². The number of nitrogens with one attached hydrogen (secondary N) is 1. The highest BCUT2D eigenvalue weighted by Crippen LogP contribution is 2.23. The van der Waals surface area contributed by atoms with E-state index in [-0.39, 0.29) is 6.04 Å². The molecule has 6 heteroatoms. The molecule has 4 nitrogen and oxygen atoms in total. The lowest BCUT2D eigenvalue weighted by Crippen LogP contribution is -2.56. The third kappa shape index (κ3) is 2.13. The molecule has 3 N–H and O–H groups in total. The molecule has 0 aromatic rings. The highest BCUT2D eigenvalue weighted by Gasteiger charge is 2.42. The molecule has 0 radical (unpaired) electrons. The first-order valence-electron chi connectivity index (χ1n) is 4.10. The SMILES string of the molecule is CC1CCN1CC(F)(F)C(=O)NN. The minimum Gasteiger partial charge on any atom is -0.294 e. The van der Waals surface area contributed by atoms with Crippen molar-refractivity contribution in [2.45, 2.75) is 25.3 Å². The molecule has 0 spiro atoms. The van der Waals surface area contributed by atoms with Crippen molar-refractivity contribution in [2.75, 3.05) is 13.1 Å². The number of hydrogen-bond acceptors (Lipinski definition) is 3. The molecule has 1 unspecified atom stereocenters. The molecule has 0 aromatic carbocycles. The number of carbonyl (C=O) groups excluding carboxylic acids is 1. The van der Waals surface area contributed by atoms with Crippen molar-refractivity contribution in [1.29, 1.82) is 0 Å². The second-order valence-corrected chi connectivity index (χ2v) is 3.29. The Morgan fingerprint density at radius 1 is 1.77 bits per heavy atom. The van der Waals surface area contributed by atoms with Crippen molar-refractivity contribution in [3.05, 3.63) is 0 Å². The highest BCUT2D eigenvalue weighted by molar-refractivity contribution is 5.83. The van der Waals surface area contributed by atoms with Crippen LogP contribution in [0.5, 0.6) is 0 Å². The van der Waals surface area contributed by atoms with E-state index in [1.165, 1.54) is 5.43 Å². The molecule has 0 aromatic heterocycles. The van der Waals surface area contributed by atoms with E-state index in [1.54, 1.807) is 4.90 Å². The van der Waals surface area contributed by atoms with Crippen LogP contribution >= 0.6 is 0 Å². The van der Waals surface area contributed by atoms with Gasteiger partial charge in [0.25, 0.3) is 0 Å². The van der Waals surface area contributed by atoms with Crippen LogP contribution in [0.15, 0.2) is 0 Å². The minimum atomic E-state index is -3.39. The summed E-state index contributed by atoms with van der Waals surface area (Å²) in [5, 5.41) is 0. The van der Waals surface area contributed by atoms with E-state index < -0.39 is 18.4 Å². The maximum atomic E-state index is 12.9. The molecule has 1 aliphatic heterocycles. The van der Waals surface area contributed by atoms with Crippen molar-refractivity contribution in [3.63, 3.8) is 0 Å². The Bertz CT molecular complexity index is 210. The molecule has 1 rings (SSSR count). The van der Waals surface area contributed by atoms with Crippen LogP contribution in [0.25, 0.3) is 0 Å². The van der Waals surface area contributed by atoms with Gasteiger partial charge in [0.05, 0.1) is 6.54 Å². The van der Waals surface area contributed by atoms with E-state index in [2.05, 4.69) is 5.84 Å². The molecule has 0 saturated carbocycles. The summed E-state index contributed by atoms with van der Waals surface area (Å²) >= 11 is 0. The van der Waals surface area contributed by atoms with Crippen LogP contribution in [0.2, 0.25) is 0 Å². The fourth-order valence-electron chi connectivity index (χ4n) is 1.24. The number of hydrogen-bond donors (Lipinski definition) is 2. The van der Waals surface area contributed by atoms with E-state index in [1.807, 2.05) is 6.92 Å². The fourth-order valence-corrected chi connectivity index (χ4v) is 1.24. The molecule has 1 fully saturated rings. The molecular formula is C7H13F2N3O. The fraction of sp³-hybridized carbons (Fsp3) is 0.857. The quantitative estimate of drug-likeness (QED) is 0.368. The van der Waals surface area contributed by atoms with Gasteiger partial charge in [-0.15, -0.1) is 0 Å². The minimum absolute atomic E-state index is 0.136. The molecule has 0 bridgehead atoms. The van der Waals surface area contributed by atoms with Crippen molar-refractivity contribution in [2.24, 2.45) is 5.84 Å². The Morgan fingerprint density at radius 2 is 2.38 bits per heavy atom. The monoisotopic (exact) mass is 193 g/mol. The summed E-state index contributed by atoms with van der Waals surface area (Å²) in [6, 6.07) is 0.136. The average Bonchev–Trinajstić information content (AvgIpc) is 2.10. The van der Waals surface area contributed by atoms with E-state index in [9.17, 15) is 13.6 Å². The van der Waals surface area contributed by atoms with Gasteiger partial charge in [-0.2, -0.15) is 8.78 Å². The summed E-state index contributed by atoms with van der Waals surface area (Å²) in [4.78, 5) is 12.2. The van der Waals surface area contributed by atoms with Crippen LogP contribution < -0.4 is 11.3 Å². The van der Waals surface area contributed by atoms with Crippen molar-refractivity contribution in [3.8, 4) is 0 Å². The van der Waals surface area contributed by atoms with E-state index in [4.69, 9.17) is 0 Å². The molecule has 0 aliphatic carbocycles. The number of nitrogens with two attached hydrogens (primary N) is 1. The van der Waals surface area contributed by atoms with Crippen LogP contribution in [0.3, 0.4) is 0 Å². The number of likely N-dealkylation sites (tertiary alicyclic amines) is 1. The molecular weight excluding hydrogens is 180 g/mol. The molecule has 13 heavy (non-hydrogen) atoms. The summed E-state index contributed by atoms with van der Waals surface area (Å²) in [5.74, 6) is -0.180. The van der Waals surface area contributed by atoms with Crippen LogP contribution in [0, 0.1) is 0 Å². The number of hydrazine groups is 1. The normalized spacial score (nSPS) is 23.8. The summed E-state index contributed by atoms with van der Waals surface area (Å²) in [7, 11) is 0. The van der Waals surface area contributed by atoms with Gasteiger partial charge >= 0.3 is 11.8 Å². The van der Waals surface area contributed by atoms with Gasteiger partial charge in [-0.25, -0.2) is 5.84 Å². The first-order chi connectivity index (χ1) is 5.97. The van der Waals surface area contributed by atoms with Gasteiger partial charge in [0.2, 0.25) is 0 Å². The first kappa shape index (κ1) is 10.3. The second kappa shape index (κ2) is 3.55. The smallest absolute Gasteiger partial charge is 0.294 e. The highest BCUT2D eigenvalue weighted by atomic mass is 19.3. The predicted molar refractivity (Wildman–Crippen MR) is 42.9 cm³/mol. The zero-order valence-electron chi connectivity index (χ0n) is 7.39. The second-order valence-electron chi connectivity index (χ2n) is 3.29. The standard InChI is InChI=1S/C7H13F2N3O/c1-5-2-3-12(5)4-7(8,9)6(13)11-10/h5H,2-4,10H2,1H3,(H,11,13). The number of rotatable bonds is 3. The Hall–Kier alpha value is -0.750. The van der Waals surface area contributed by atoms with Crippen molar-refractivity contribution in [1.82, 2.24) is 10.3 Å². The third-order valence-electron chi connectivity index (χ3n) is 2.32. The molecule has 1 saturated heterocycles. The Morgan fingerprint density at radius 3 is 2.69 bits per heavy atom. The van der Waals surface area contributed by atoms with Crippen LogP contribution in [0.4, 0.5) is 8.78 Å². The maximum Gasteiger partial charge on any atom is 0.338 e. The maximum absolute atomic E-state index is 12.9. The van der Waals surface area contributed by atoms with E-state index >= 15 is 0 Å². The van der Waals surface area contributed by atoms with Gasteiger partial charge < -0.3 is 0 Å². The topological polar surface area (TPSA) is 58.4 Å². The van der Waals surface area contributed by atoms with E-state index in [0.717, 1.165) is 6.42 Å². The number of amides is 1. The first-order valence-corrected chi connectivity index (χ1v) is 4.10. The zero-order chi connectivity index (χ0) is 10.1. The summed E-state index contributed by atoms with van der Waals surface area (Å²) in [6.45, 7) is 1.92. The largest absolute Gasteiger partial charge is 0.338 e. The molecule has 1 aliphatic rings. The molecule has 1 atom stereocenters. The lowest BCUT2D eigenvalue weighted by atomic mass is 10.0.